The van der Waals surface area contributed by atoms with E-state index in [0.717, 1.165) is 37.1 Å². The van der Waals surface area contributed by atoms with Gasteiger partial charge in [-0.15, -0.1) is 0 Å². The monoisotopic (exact) mass is 563 g/mol. The molecule has 220 valence electrons. The summed E-state index contributed by atoms with van der Waals surface area (Å²) >= 11 is 0. The molecular formula is C34H53N3O2Si. The molecule has 2 aliphatic carbocycles. The van der Waals surface area contributed by atoms with Gasteiger partial charge in [0.05, 0.1) is 11.7 Å². The minimum absolute atomic E-state index is 0.0430. The highest BCUT2D eigenvalue weighted by molar-refractivity contribution is 6.74. The van der Waals surface area contributed by atoms with Gasteiger partial charge in [0.2, 0.25) is 0 Å². The van der Waals surface area contributed by atoms with Gasteiger partial charge in [-0.1, -0.05) is 82.1 Å². The Bertz CT molecular complexity index is 1260. The van der Waals surface area contributed by atoms with Crippen LogP contribution in [0.2, 0.25) is 18.1 Å². The van der Waals surface area contributed by atoms with E-state index >= 15 is 0 Å². The van der Waals surface area contributed by atoms with Gasteiger partial charge in [-0.05, 0) is 60.7 Å². The van der Waals surface area contributed by atoms with E-state index < -0.39 is 8.32 Å². The molecule has 1 aliphatic heterocycles. The third-order valence-electron chi connectivity index (χ3n) is 9.99. The summed E-state index contributed by atoms with van der Waals surface area (Å²) in [6.45, 7) is 27.6. The molecule has 0 N–H and O–H groups in total. The molecule has 3 heterocycles. The summed E-state index contributed by atoms with van der Waals surface area (Å²) in [5.41, 5.74) is 7.30. The second kappa shape index (κ2) is 9.70. The van der Waals surface area contributed by atoms with Crippen LogP contribution in [0.5, 0.6) is 0 Å². The van der Waals surface area contributed by atoms with E-state index in [0.29, 0.717) is 5.92 Å². The van der Waals surface area contributed by atoms with Gasteiger partial charge < -0.3 is 9.16 Å². The summed E-state index contributed by atoms with van der Waals surface area (Å²) in [4.78, 5) is 15.2. The lowest BCUT2D eigenvalue weighted by Crippen LogP contribution is -2.44. The van der Waals surface area contributed by atoms with Crippen LogP contribution in [0.15, 0.2) is 12.4 Å². The van der Waals surface area contributed by atoms with Crippen molar-refractivity contribution in [3.63, 3.8) is 0 Å². The Morgan fingerprint density at radius 3 is 2.10 bits per heavy atom. The van der Waals surface area contributed by atoms with Gasteiger partial charge in [-0.2, -0.15) is 0 Å². The van der Waals surface area contributed by atoms with Crippen LogP contribution < -0.4 is 0 Å². The number of hydrogen-bond donors (Lipinski definition) is 0. The van der Waals surface area contributed by atoms with Gasteiger partial charge >= 0.3 is 0 Å². The fourth-order valence-corrected chi connectivity index (χ4v) is 8.14. The second-order valence-corrected chi connectivity index (χ2v) is 21.3. The predicted molar refractivity (Wildman–Crippen MR) is 165 cm³/mol. The van der Waals surface area contributed by atoms with Crippen LogP contribution in [0.4, 0.5) is 0 Å². The van der Waals surface area contributed by atoms with Gasteiger partial charge in [0.25, 0.3) is 0 Å². The first-order valence-corrected chi connectivity index (χ1v) is 18.5. The van der Waals surface area contributed by atoms with Gasteiger partial charge in [0.15, 0.2) is 8.32 Å². The lowest BCUT2D eigenvalue weighted by atomic mass is 9.70. The molecule has 0 amide bonds. The highest BCUT2D eigenvalue weighted by Gasteiger charge is 2.54. The van der Waals surface area contributed by atoms with Crippen molar-refractivity contribution in [2.45, 2.75) is 155 Å². The number of nitrogens with zero attached hydrogens (tertiary/aromatic N) is 3. The molecule has 6 heteroatoms. The van der Waals surface area contributed by atoms with Crippen LogP contribution in [0.25, 0.3) is 0 Å². The minimum Gasteiger partial charge on any atom is -0.410 e. The highest BCUT2D eigenvalue weighted by Crippen LogP contribution is 2.60. The van der Waals surface area contributed by atoms with Crippen molar-refractivity contribution in [1.82, 2.24) is 15.0 Å². The number of fused-ring (bicyclic) bond motifs is 4. The number of rotatable bonds is 4. The lowest BCUT2D eigenvalue weighted by molar-refractivity contribution is -0.0581. The molecule has 0 unspecified atom stereocenters. The summed E-state index contributed by atoms with van der Waals surface area (Å²) in [6.07, 6.45) is 10.4. The van der Waals surface area contributed by atoms with E-state index in [1.165, 1.54) is 40.9 Å². The van der Waals surface area contributed by atoms with Crippen molar-refractivity contribution >= 4 is 8.32 Å². The van der Waals surface area contributed by atoms with Crippen molar-refractivity contribution in [1.29, 1.82) is 0 Å². The standard InChI is InChI=1S/C34H53N3O2Si/c1-21(2)28-26-27(25-23(37-28)17-33(9,10)18-24(25)39-40(11,12)32(6,7)8)34(15-13-14-16-34)38-29(26)22-19-35-30(36-20-22)31(3,4)5/h19-21,24,29H,13-18H2,1-12H3/t24-,29-/m0/s1. The molecule has 1 saturated carbocycles. The van der Waals surface area contributed by atoms with Crippen molar-refractivity contribution in [2.75, 3.05) is 0 Å². The molecule has 2 atom stereocenters. The maximum Gasteiger partial charge on any atom is 0.192 e. The molecule has 1 fully saturated rings. The highest BCUT2D eigenvalue weighted by atomic mass is 28.4. The molecule has 3 aliphatic rings. The molecule has 2 aromatic heterocycles. The smallest absolute Gasteiger partial charge is 0.192 e. The fourth-order valence-electron chi connectivity index (χ4n) is 6.88. The number of hydrogen-bond acceptors (Lipinski definition) is 5. The molecule has 2 aromatic rings. The van der Waals surface area contributed by atoms with E-state index in [1.54, 1.807) is 0 Å². The molecule has 1 spiro atoms. The van der Waals surface area contributed by atoms with Crippen LogP contribution in [0.3, 0.4) is 0 Å². The molecule has 0 saturated heterocycles. The predicted octanol–water partition coefficient (Wildman–Crippen LogP) is 9.22. The average molecular weight is 564 g/mol. The molecule has 0 radical (unpaired) electrons. The second-order valence-electron chi connectivity index (χ2n) is 16.5. The third-order valence-corrected chi connectivity index (χ3v) is 14.5. The molecule has 5 rings (SSSR count). The van der Waals surface area contributed by atoms with Crippen molar-refractivity contribution in [2.24, 2.45) is 5.41 Å². The molecule has 40 heavy (non-hydrogen) atoms. The van der Waals surface area contributed by atoms with Crippen LogP contribution in [-0.2, 0) is 26.6 Å². The fraction of sp³-hybridized carbons (Fsp3) is 0.735. The Balaban J connectivity index is 1.75. The lowest BCUT2D eigenvalue weighted by Gasteiger charge is -2.45. The van der Waals surface area contributed by atoms with E-state index in [9.17, 15) is 0 Å². The summed E-state index contributed by atoms with van der Waals surface area (Å²) in [5, 5.41) is 0.138. The van der Waals surface area contributed by atoms with E-state index in [1.807, 2.05) is 12.4 Å². The normalized spacial score (nSPS) is 24.0. The van der Waals surface area contributed by atoms with Gasteiger partial charge in [-0.3, -0.25) is 4.98 Å². The van der Waals surface area contributed by atoms with Gasteiger partial charge in [0.1, 0.15) is 11.9 Å². The number of aromatic nitrogens is 3. The van der Waals surface area contributed by atoms with Gasteiger partial charge in [-0.25, -0.2) is 9.97 Å². The van der Waals surface area contributed by atoms with Crippen molar-refractivity contribution in [3.8, 4) is 0 Å². The Morgan fingerprint density at radius 1 is 0.975 bits per heavy atom. The molecular weight excluding hydrogens is 510 g/mol. The van der Waals surface area contributed by atoms with Crippen molar-refractivity contribution in [3.05, 3.63) is 51.9 Å². The third kappa shape index (κ3) is 5.11. The Hall–Kier alpha value is -1.63. The zero-order valence-corrected chi connectivity index (χ0v) is 28.3. The molecule has 0 aromatic carbocycles. The topological polar surface area (TPSA) is 57.1 Å². The summed E-state index contributed by atoms with van der Waals surface area (Å²) in [7, 11) is -2.04. The molecule has 5 nitrogen and oxygen atoms in total. The molecule has 0 bridgehead atoms. The quantitative estimate of drug-likeness (QED) is 0.347. The maximum absolute atomic E-state index is 7.35. The van der Waals surface area contributed by atoms with E-state index in [4.69, 9.17) is 24.1 Å². The van der Waals surface area contributed by atoms with Crippen LogP contribution in [-0.4, -0.2) is 23.3 Å². The maximum atomic E-state index is 7.35. The van der Waals surface area contributed by atoms with Crippen molar-refractivity contribution < 1.29 is 9.16 Å². The largest absolute Gasteiger partial charge is 0.410 e. The van der Waals surface area contributed by atoms with Gasteiger partial charge in [0, 0.05) is 45.9 Å². The minimum atomic E-state index is -2.04. The average Bonchev–Trinajstić information content (AvgIpc) is 3.41. The van der Waals surface area contributed by atoms with Crippen LogP contribution in [0.1, 0.15) is 159 Å². The van der Waals surface area contributed by atoms with Crippen LogP contribution in [0, 0.1) is 5.41 Å². The van der Waals surface area contributed by atoms with Crippen LogP contribution >= 0.6 is 0 Å². The summed E-state index contributed by atoms with van der Waals surface area (Å²) < 4.78 is 14.6. The number of pyridine rings is 1. The Morgan fingerprint density at radius 2 is 1.57 bits per heavy atom. The zero-order valence-electron chi connectivity index (χ0n) is 27.3. The first kappa shape index (κ1) is 29.8. The number of ether oxygens (including phenoxy) is 1. The Labute approximate surface area is 244 Å². The summed E-state index contributed by atoms with van der Waals surface area (Å²) in [6, 6.07) is 0. The summed E-state index contributed by atoms with van der Waals surface area (Å²) in [5.74, 6) is 1.16. The Kier molecular flexibility index (Phi) is 7.24. The van der Waals surface area contributed by atoms with E-state index in [2.05, 4.69) is 82.3 Å². The van der Waals surface area contributed by atoms with E-state index in [-0.39, 0.29) is 33.7 Å². The SMILES string of the molecule is CC(C)c1nc2c(c3c1[C@H](c1cnc(C(C)(C)C)nc1)OC31CCCC1)[C@@H](O[Si](C)(C)C(C)(C)C)CC(C)(C)C2. The first-order chi connectivity index (χ1) is 18.4. The first-order valence-electron chi connectivity index (χ1n) is 15.6. The zero-order chi connectivity index (χ0) is 29.5.